The Hall–Kier alpha value is -2.02. The summed E-state index contributed by atoms with van der Waals surface area (Å²) in [6, 6.07) is 0. The summed E-state index contributed by atoms with van der Waals surface area (Å²) >= 11 is 1.59. The van der Waals surface area contributed by atoms with Crippen molar-refractivity contribution in [1.82, 2.24) is 20.3 Å². The summed E-state index contributed by atoms with van der Waals surface area (Å²) < 4.78 is 0. The van der Waals surface area contributed by atoms with Crippen LogP contribution in [0.4, 0.5) is 5.95 Å². The van der Waals surface area contributed by atoms with Crippen LogP contribution in [0.2, 0.25) is 0 Å². The molecule has 2 aromatic rings. The average molecular weight is 317 g/mol. The van der Waals surface area contributed by atoms with Crippen LogP contribution in [-0.2, 0) is 10.3 Å². The fraction of sp³-hybridized carbons (Fsp3) is 0.467. The van der Waals surface area contributed by atoms with Gasteiger partial charge >= 0.3 is 0 Å². The lowest BCUT2D eigenvalue weighted by molar-refractivity contribution is -0.120. The minimum atomic E-state index is -0.445. The molecule has 7 heteroatoms. The third-order valence-corrected chi connectivity index (χ3v) is 4.93. The summed E-state index contributed by atoms with van der Waals surface area (Å²) in [7, 11) is 0. The second-order valence-corrected chi connectivity index (χ2v) is 6.65. The number of rotatable bonds is 3. The van der Waals surface area contributed by atoms with Gasteiger partial charge in [-0.1, -0.05) is 0 Å². The molecule has 0 aliphatic carbocycles. The summed E-state index contributed by atoms with van der Waals surface area (Å²) in [5.74, 6) is 0.658. The minimum absolute atomic E-state index is 0.0421. The molecule has 1 fully saturated rings. The van der Waals surface area contributed by atoms with Crippen molar-refractivity contribution in [2.75, 3.05) is 18.0 Å². The first kappa shape index (κ1) is 14.9. The predicted molar refractivity (Wildman–Crippen MR) is 85.9 cm³/mol. The van der Waals surface area contributed by atoms with Crippen molar-refractivity contribution in [3.8, 4) is 0 Å². The van der Waals surface area contributed by atoms with Crippen LogP contribution in [0.25, 0.3) is 0 Å². The molecule has 3 rings (SSSR count). The van der Waals surface area contributed by atoms with E-state index in [2.05, 4.69) is 25.2 Å². The van der Waals surface area contributed by atoms with Crippen LogP contribution in [0.3, 0.4) is 0 Å². The highest BCUT2D eigenvalue weighted by atomic mass is 32.1. The summed E-state index contributed by atoms with van der Waals surface area (Å²) in [6.45, 7) is 6.92. The largest absolute Gasteiger partial charge is 0.343 e. The number of carbonyl (C=O) groups excluding carboxylic acids is 1. The molecule has 3 heterocycles. The molecule has 116 valence electrons. The van der Waals surface area contributed by atoms with E-state index in [1.165, 1.54) is 0 Å². The van der Waals surface area contributed by atoms with Crippen LogP contribution in [0, 0.1) is 13.8 Å². The van der Waals surface area contributed by atoms with Gasteiger partial charge in [-0.15, -0.1) is 11.3 Å². The molecule has 0 bridgehead atoms. The minimum Gasteiger partial charge on any atom is -0.343 e. The second-order valence-electron chi connectivity index (χ2n) is 5.79. The summed E-state index contributed by atoms with van der Waals surface area (Å²) in [4.78, 5) is 27.2. The van der Waals surface area contributed by atoms with Crippen LogP contribution >= 0.6 is 11.3 Å². The van der Waals surface area contributed by atoms with E-state index in [4.69, 9.17) is 0 Å². The normalized spacial score (nSPS) is 21.1. The van der Waals surface area contributed by atoms with Crippen molar-refractivity contribution in [3.05, 3.63) is 34.0 Å². The molecule has 1 aliphatic heterocycles. The topological polar surface area (TPSA) is 71.0 Å². The lowest BCUT2D eigenvalue weighted by Gasteiger charge is -2.28. The van der Waals surface area contributed by atoms with Gasteiger partial charge in [-0.2, -0.15) is 0 Å². The van der Waals surface area contributed by atoms with Gasteiger partial charge in [0.1, 0.15) is 10.5 Å². The zero-order chi connectivity index (χ0) is 15.7. The van der Waals surface area contributed by atoms with E-state index in [1.807, 2.05) is 31.6 Å². The molecule has 0 saturated carbocycles. The highest BCUT2D eigenvalue weighted by Crippen LogP contribution is 2.35. The third kappa shape index (κ3) is 2.81. The van der Waals surface area contributed by atoms with E-state index in [-0.39, 0.29) is 5.91 Å². The van der Waals surface area contributed by atoms with Gasteiger partial charge in [0.25, 0.3) is 0 Å². The Morgan fingerprint density at radius 2 is 2.09 bits per heavy atom. The van der Waals surface area contributed by atoms with Crippen LogP contribution < -0.4 is 10.2 Å². The number of nitrogens with zero attached hydrogens (tertiary/aromatic N) is 4. The number of thiazole rings is 1. The zero-order valence-corrected chi connectivity index (χ0v) is 13.8. The molecule has 1 N–H and O–H groups in total. The van der Waals surface area contributed by atoms with Gasteiger partial charge in [0.05, 0.1) is 6.54 Å². The third-order valence-electron chi connectivity index (χ3n) is 3.76. The van der Waals surface area contributed by atoms with Gasteiger partial charge < -0.3 is 10.2 Å². The molecule has 0 radical (unpaired) electrons. The molecule has 2 aromatic heterocycles. The Bertz CT molecular complexity index is 683. The lowest BCUT2D eigenvalue weighted by Crippen LogP contribution is -2.47. The van der Waals surface area contributed by atoms with Crippen molar-refractivity contribution in [2.24, 2.45) is 0 Å². The van der Waals surface area contributed by atoms with E-state index < -0.39 is 5.54 Å². The van der Waals surface area contributed by atoms with Crippen LogP contribution in [-0.4, -0.2) is 33.9 Å². The van der Waals surface area contributed by atoms with Crippen LogP contribution in [0.1, 0.15) is 29.6 Å². The molecule has 1 aliphatic rings. The van der Waals surface area contributed by atoms with Gasteiger partial charge in [-0.3, -0.25) is 4.79 Å². The fourth-order valence-corrected chi connectivity index (χ4v) is 3.75. The first-order valence-corrected chi connectivity index (χ1v) is 8.11. The molecule has 1 atom stereocenters. The number of nitrogens with one attached hydrogen (secondary N) is 1. The number of aryl methyl sites for hydroxylation is 2. The standard InChI is InChI=1S/C15H19N5OS/c1-10-6-16-14(17-7-10)20-5-4-15(9-20,19-12(3)21)13-18-11(2)8-22-13/h6-8H,4-5,9H2,1-3H3,(H,19,21). The average Bonchev–Trinajstić information content (AvgIpc) is 3.07. The number of hydrogen-bond acceptors (Lipinski definition) is 6. The van der Waals surface area contributed by atoms with E-state index >= 15 is 0 Å². The van der Waals surface area contributed by atoms with Crippen molar-refractivity contribution < 1.29 is 4.79 Å². The lowest BCUT2D eigenvalue weighted by atomic mass is 9.99. The summed E-state index contributed by atoms with van der Waals surface area (Å²) in [6.07, 6.45) is 4.43. The number of amides is 1. The van der Waals surface area contributed by atoms with Gasteiger partial charge in [0.15, 0.2) is 0 Å². The molecule has 0 spiro atoms. The Morgan fingerprint density at radius 3 is 2.68 bits per heavy atom. The second kappa shape index (κ2) is 5.64. The quantitative estimate of drug-likeness (QED) is 0.934. The molecule has 6 nitrogen and oxygen atoms in total. The molecule has 1 saturated heterocycles. The highest BCUT2D eigenvalue weighted by molar-refractivity contribution is 7.09. The monoisotopic (exact) mass is 317 g/mol. The smallest absolute Gasteiger partial charge is 0.225 e. The molecule has 1 unspecified atom stereocenters. The Kier molecular flexibility index (Phi) is 3.82. The Morgan fingerprint density at radius 1 is 1.36 bits per heavy atom. The molecule has 0 aromatic carbocycles. The SMILES string of the molecule is CC(=O)NC1(c2nc(C)cs2)CCN(c2ncc(C)cn2)C1. The first-order chi connectivity index (χ1) is 10.5. The van der Waals surface area contributed by atoms with Gasteiger partial charge in [-0.05, 0) is 25.8 Å². The fourth-order valence-electron chi connectivity index (χ4n) is 2.77. The van der Waals surface area contributed by atoms with Crippen molar-refractivity contribution in [1.29, 1.82) is 0 Å². The van der Waals surface area contributed by atoms with Crippen molar-refractivity contribution in [3.63, 3.8) is 0 Å². The summed E-state index contributed by atoms with van der Waals surface area (Å²) in [5.41, 5.74) is 1.57. The first-order valence-electron chi connectivity index (χ1n) is 7.23. The molecule has 1 amide bonds. The van der Waals surface area contributed by atoms with E-state index in [0.717, 1.165) is 29.2 Å². The van der Waals surface area contributed by atoms with Gasteiger partial charge in [0.2, 0.25) is 11.9 Å². The number of carbonyl (C=O) groups is 1. The highest BCUT2D eigenvalue weighted by Gasteiger charge is 2.43. The molecular weight excluding hydrogens is 298 g/mol. The Labute approximate surface area is 133 Å². The molecule has 22 heavy (non-hydrogen) atoms. The molecular formula is C15H19N5OS. The summed E-state index contributed by atoms with van der Waals surface area (Å²) in [5, 5.41) is 6.08. The van der Waals surface area contributed by atoms with Crippen molar-refractivity contribution >= 4 is 23.2 Å². The van der Waals surface area contributed by atoms with Crippen LogP contribution in [0.5, 0.6) is 0 Å². The van der Waals surface area contributed by atoms with E-state index in [9.17, 15) is 4.79 Å². The number of anilines is 1. The maximum absolute atomic E-state index is 11.7. The maximum atomic E-state index is 11.7. The predicted octanol–water partition coefficient (Wildman–Crippen LogP) is 1.79. The maximum Gasteiger partial charge on any atom is 0.225 e. The number of hydrogen-bond donors (Lipinski definition) is 1. The van der Waals surface area contributed by atoms with E-state index in [0.29, 0.717) is 12.5 Å². The van der Waals surface area contributed by atoms with Crippen LogP contribution in [0.15, 0.2) is 17.8 Å². The van der Waals surface area contributed by atoms with Gasteiger partial charge in [-0.25, -0.2) is 15.0 Å². The van der Waals surface area contributed by atoms with Crippen molar-refractivity contribution in [2.45, 2.75) is 32.7 Å². The van der Waals surface area contributed by atoms with Gasteiger partial charge in [0, 0.05) is 36.9 Å². The zero-order valence-electron chi connectivity index (χ0n) is 13.0. The van der Waals surface area contributed by atoms with E-state index in [1.54, 1.807) is 18.3 Å². The number of aromatic nitrogens is 3. The Balaban J connectivity index is 1.89.